The third kappa shape index (κ3) is 0.978. The van der Waals surface area contributed by atoms with Gasteiger partial charge in [0.25, 0.3) is 0 Å². The van der Waals surface area contributed by atoms with E-state index in [0.29, 0.717) is 0 Å². The fourth-order valence-electron chi connectivity index (χ4n) is 1.24. The molecule has 3 aromatic rings. The van der Waals surface area contributed by atoms with E-state index in [1.54, 1.807) is 18.7 Å². The summed E-state index contributed by atoms with van der Waals surface area (Å²) in [6.07, 6.45) is 6.83. The van der Waals surface area contributed by atoms with Crippen molar-refractivity contribution < 1.29 is 0 Å². The minimum absolute atomic E-state index is 0.236. The van der Waals surface area contributed by atoms with E-state index in [1.165, 1.54) is 4.26 Å². The topological polar surface area (TPSA) is 51.6 Å². The van der Waals surface area contributed by atoms with E-state index in [0.717, 1.165) is 15.4 Å². The molecule has 0 saturated heterocycles. The Morgan fingerprint density at radius 3 is 2.92 bits per heavy atom. The average Bonchev–Trinajstić information content (AvgIpc) is 2.56. The van der Waals surface area contributed by atoms with Gasteiger partial charge in [-0.3, -0.25) is 0 Å². The summed E-state index contributed by atoms with van der Waals surface area (Å²) in [7, 11) is 0. The summed E-state index contributed by atoms with van der Waals surface area (Å²) in [4.78, 5) is 16.7. The second-order valence-electron chi connectivity index (χ2n) is 2.55. The Hall–Kier alpha value is -1.32. The monoisotopic (exact) mass is 236 g/mol. The Morgan fingerprint density at radius 2 is 1.92 bits per heavy atom. The van der Waals surface area contributed by atoms with Gasteiger partial charge in [-0.05, 0) is 0 Å². The average molecular weight is 235 g/mol. The summed E-state index contributed by atoms with van der Waals surface area (Å²) < 4.78 is 2.24. The van der Waals surface area contributed by atoms with E-state index >= 15 is 0 Å². The van der Waals surface area contributed by atoms with E-state index < -0.39 is 0 Å². The molecule has 0 unspecified atom stereocenters. The molecule has 62 valence electrons. The Bertz CT molecular complexity index is 524. The summed E-state index contributed by atoms with van der Waals surface area (Å²) in [6.45, 7) is 0. The third-order valence-electron chi connectivity index (χ3n) is 1.77. The zero-order valence-corrected chi connectivity index (χ0v) is 8.22. The van der Waals surface area contributed by atoms with Crippen molar-refractivity contribution >= 4 is 34.2 Å². The predicted molar refractivity (Wildman–Crippen MR) is 49.6 cm³/mol. The van der Waals surface area contributed by atoms with Gasteiger partial charge in [-0.15, -0.1) is 0 Å². The second-order valence-corrected chi connectivity index (χ2v) is 4.71. The summed E-state index contributed by atoms with van der Waals surface area (Å²) in [6, 6.07) is 0. The molecule has 0 atom stereocenters. The summed E-state index contributed by atoms with van der Waals surface area (Å²) >= 11 is 0.236. The predicted octanol–water partition coefficient (Wildman–Crippen LogP) is 0.630. The fourth-order valence-corrected chi connectivity index (χ4v) is 3.18. The molecule has 0 fully saturated rings. The fraction of sp³-hybridized carbons (Fsp3) is 0. The van der Waals surface area contributed by atoms with Crippen LogP contribution in [0.25, 0.3) is 19.7 Å². The van der Waals surface area contributed by atoms with Gasteiger partial charge >= 0.3 is 79.0 Å². The summed E-state index contributed by atoms with van der Waals surface area (Å²) in [5, 5.41) is 0. The van der Waals surface area contributed by atoms with Crippen LogP contribution < -0.4 is 0 Å². The molecule has 0 aliphatic heterocycles. The van der Waals surface area contributed by atoms with E-state index in [9.17, 15) is 0 Å². The van der Waals surface area contributed by atoms with Crippen LogP contribution in [0.15, 0.2) is 24.9 Å². The molecule has 0 aliphatic carbocycles. The molecule has 4 nitrogen and oxygen atoms in total. The molecule has 0 amide bonds. The minimum atomic E-state index is 0.236. The Morgan fingerprint density at radius 1 is 1.00 bits per heavy atom. The molecular weight excluding hydrogens is 231 g/mol. The Balaban J connectivity index is 2.64. The summed E-state index contributed by atoms with van der Waals surface area (Å²) in [5.41, 5.74) is 1.89. The van der Waals surface area contributed by atoms with Gasteiger partial charge in [-0.25, -0.2) is 0 Å². The quantitative estimate of drug-likeness (QED) is 0.536. The molecule has 0 spiro atoms. The van der Waals surface area contributed by atoms with Crippen LogP contribution in [0.4, 0.5) is 0 Å². The first-order valence-corrected chi connectivity index (χ1v) is 5.46. The molecule has 5 heteroatoms. The molecule has 0 N–H and O–H groups in total. The molecular formula is C8H4N4Se. The van der Waals surface area contributed by atoms with Crippen molar-refractivity contribution in [2.24, 2.45) is 0 Å². The first-order valence-electron chi connectivity index (χ1n) is 3.74. The van der Waals surface area contributed by atoms with Crippen LogP contribution in [-0.4, -0.2) is 34.4 Å². The van der Waals surface area contributed by atoms with Gasteiger partial charge in [0.1, 0.15) is 0 Å². The zero-order chi connectivity index (χ0) is 8.67. The second kappa shape index (κ2) is 2.58. The SMILES string of the molecule is c1cnc2c(n1)[se]c1cncnc12. The van der Waals surface area contributed by atoms with Crippen LogP contribution in [0.1, 0.15) is 0 Å². The molecule has 13 heavy (non-hydrogen) atoms. The molecule has 3 heterocycles. The van der Waals surface area contributed by atoms with Crippen molar-refractivity contribution in [3.8, 4) is 0 Å². The van der Waals surface area contributed by atoms with E-state index in [1.807, 2.05) is 6.20 Å². The first-order chi connectivity index (χ1) is 6.45. The first kappa shape index (κ1) is 7.12. The van der Waals surface area contributed by atoms with Crippen molar-refractivity contribution in [1.29, 1.82) is 0 Å². The summed E-state index contributed by atoms with van der Waals surface area (Å²) in [5.74, 6) is 0. The molecule has 0 aliphatic rings. The van der Waals surface area contributed by atoms with Crippen LogP contribution >= 0.6 is 0 Å². The van der Waals surface area contributed by atoms with Gasteiger partial charge in [-0.2, -0.15) is 0 Å². The van der Waals surface area contributed by atoms with Crippen LogP contribution in [0, 0.1) is 0 Å². The number of fused-ring (bicyclic) bond motifs is 3. The molecule has 0 saturated carbocycles. The maximum absolute atomic E-state index is 4.27. The molecule has 0 radical (unpaired) electrons. The van der Waals surface area contributed by atoms with E-state index in [4.69, 9.17) is 0 Å². The van der Waals surface area contributed by atoms with Gasteiger partial charge in [0.05, 0.1) is 0 Å². The van der Waals surface area contributed by atoms with E-state index in [2.05, 4.69) is 19.9 Å². The Kier molecular flexibility index (Phi) is 1.41. The maximum atomic E-state index is 4.27. The normalized spacial score (nSPS) is 11.1. The Labute approximate surface area is 79.4 Å². The molecule has 0 bridgehead atoms. The van der Waals surface area contributed by atoms with Gasteiger partial charge in [0.15, 0.2) is 0 Å². The molecule has 3 aromatic heterocycles. The van der Waals surface area contributed by atoms with E-state index in [-0.39, 0.29) is 14.5 Å². The van der Waals surface area contributed by atoms with Gasteiger partial charge in [0, 0.05) is 0 Å². The number of aromatic nitrogens is 4. The molecule has 0 aromatic carbocycles. The standard InChI is InChI=1S/C8H4N4Se/c1-2-11-8-7(10-1)6-5(13-8)3-9-4-12-6/h1-4H. The number of hydrogen-bond donors (Lipinski definition) is 0. The number of rotatable bonds is 0. The van der Waals surface area contributed by atoms with Crippen molar-refractivity contribution in [3.05, 3.63) is 24.9 Å². The van der Waals surface area contributed by atoms with Gasteiger partial charge in [0.2, 0.25) is 0 Å². The van der Waals surface area contributed by atoms with Crippen molar-refractivity contribution in [2.45, 2.75) is 0 Å². The van der Waals surface area contributed by atoms with Crippen LogP contribution in [0.5, 0.6) is 0 Å². The van der Waals surface area contributed by atoms with Crippen molar-refractivity contribution in [2.75, 3.05) is 0 Å². The van der Waals surface area contributed by atoms with Gasteiger partial charge < -0.3 is 0 Å². The number of hydrogen-bond acceptors (Lipinski definition) is 4. The third-order valence-corrected chi connectivity index (χ3v) is 3.89. The molecule has 3 rings (SSSR count). The van der Waals surface area contributed by atoms with Crippen molar-refractivity contribution in [3.63, 3.8) is 0 Å². The zero-order valence-electron chi connectivity index (χ0n) is 6.51. The van der Waals surface area contributed by atoms with Crippen LogP contribution in [0.3, 0.4) is 0 Å². The van der Waals surface area contributed by atoms with Crippen LogP contribution in [0.2, 0.25) is 0 Å². The van der Waals surface area contributed by atoms with Gasteiger partial charge in [-0.1, -0.05) is 0 Å². The number of nitrogens with zero attached hydrogens (tertiary/aromatic N) is 4. The van der Waals surface area contributed by atoms with Crippen LogP contribution in [-0.2, 0) is 0 Å². The van der Waals surface area contributed by atoms with Crippen molar-refractivity contribution in [1.82, 2.24) is 19.9 Å².